The van der Waals surface area contributed by atoms with Crippen molar-refractivity contribution in [3.8, 4) is 0 Å². The number of aliphatic imine (C=N–C) groups is 1. The molecule has 0 aromatic heterocycles. The fourth-order valence-electron chi connectivity index (χ4n) is 3.38. The quantitative estimate of drug-likeness (QED) is 0.660. The maximum absolute atomic E-state index is 11.5. The molecule has 0 bridgehead atoms. The van der Waals surface area contributed by atoms with Crippen LogP contribution in [0.2, 0.25) is 0 Å². The van der Waals surface area contributed by atoms with Gasteiger partial charge in [-0.3, -0.25) is 0 Å². The summed E-state index contributed by atoms with van der Waals surface area (Å²) in [5, 5.41) is 23.9. The van der Waals surface area contributed by atoms with E-state index < -0.39 is 16.9 Å². The van der Waals surface area contributed by atoms with Gasteiger partial charge < -0.3 is 25.2 Å². The maximum Gasteiger partial charge on any atom is 0.148 e. The molecule has 0 saturated carbocycles. The number of hydrogen-bond donors (Lipinski definition) is 2. The highest BCUT2D eigenvalue weighted by molar-refractivity contribution is 8.02. The van der Waals surface area contributed by atoms with Crippen LogP contribution in [0.3, 0.4) is 0 Å². The van der Waals surface area contributed by atoms with Crippen LogP contribution in [0.4, 0.5) is 5.69 Å². The number of benzene rings is 1. The van der Waals surface area contributed by atoms with Crippen LogP contribution in [-0.2, 0) is 4.79 Å². The maximum atomic E-state index is 11.5. The van der Waals surface area contributed by atoms with Crippen LogP contribution in [0, 0.1) is 0 Å². The molecule has 1 aromatic carbocycles. The van der Waals surface area contributed by atoms with Gasteiger partial charge in [0, 0.05) is 6.42 Å². The molecule has 3 aliphatic rings. The van der Waals surface area contributed by atoms with Crippen LogP contribution in [0.15, 0.2) is 34.8 Å². The lowest BCUT2D eigenvalue weighted by Gasteiger charge is -2.31. The van der Waals surface area contributed by atoms with Crippen LogP contribution in [0.1, 0.15) is 18.9 Å². The molecule has 0 aliphatic carbocycles. The van der Waals surface area contributed by atoms with E-state index in [1.165, 1.54) is 18.7 Å². The smallest absolute Gasteiger partial charge is 0.148 e. The van der Waals surface area contributed by atoms with Crippen molar-refractivity contribution >= 4 is 35.5 Å². The van der Waals surface area contributed by atoms with Crippen molar-refractivity contribution in [1.29, 1.82) is 0 Å². The van der Waals surface area contributed by atoms with Gasteiger partial charge in [0.1, 0.15) is 17.3 Å². The third-order valence-corrected chi connectivity index (χ3v) is 6.34. The summed E-state index contributed by atoms with van der Waals surface area (Å²) < 4.78 is -1.37. The van der Waals surface area contributed by atoms with Gasteiger partial charge in [-0.25, -0.2) is 4.99 Å². The fourth-order valence-corrected chi connectivity index (χ4v) is 4.84. The first-order valence-corrected chi connectivity index (χ1v) is 8.45. The monoisotopic (exact) mass is 331 g/mol. The average Bonchev–Trinajstić information content (AvgIpc) is 2.71. The summed E-state index contributed by atoms with van der Waals surface area (Å²) in [6.07, 6.45) is 1.21. The standard InChI is InChI=1S/C16H17N3O3S/c1-16(15(21)22)14(20)19-8-18-12-9-4-2-3-5-11(9)17-7-6-10(12)13(19)23-16/h2-5,8,13-14,17,20H,6-7H2,1H3,(H,21,22). The molecule has 4 rings (SSSR count). The van der Waals surface area contributed by atoms with Gasteiger partial charge in [0.05, 0.1) is 34.9 Å². The van der Waals surface area contributed by atoms with E-state index >= 15 is 0 Å². The molecule has 7 heteroatoms. The Hall–Kier alpha value is -1.83. The van der Waals surface area contributed by atoms with E-state index in [0.29, 0.717) is 0 Å². The van der Waals surface area contributed by atoms with Gasteiger partial charge in [0.25, 0.3) is 0 Å². The van der Waals surface area contributed by atoms with E-state index in [1.54, 1.807) is 11.2 Å². The fraction of sp³-hybridized carbons (Fsp3) is 0.375. The van der Waals surface area contributed by atoms with Crippen molar-refractivity contribution in [3.05, 3.63) is 35.4 Å². The number of aliphatic carboxylic acids is 1. The van der Waals surface area contributed by atoms with Gasteiger partial charge in [-0.15, -0.1) is 11.8 Å². The summed E-state index contributed by atoms with van der Waals surface area (Å²) >= 11 is 1.23. The molecular weight excluding hydrogens is 314 g/mol. The van der Waals surface area contributed by atoms with Gasteiger partial charge in [0.2, 0.25) is 0 Å². The average molecular weight is 331 g/mol. The molecule has 6 nitrogen and oxygen atoms in total. The molecule has 3 unspecified atom stereocenters. The first-order valence-electron chi connectivity index (χ1n) is 7.57. The summed E-state index contributed by atoms with van der Waals surface area (Å²) in [6.45, 7) is 2.38. The zero-order valence-electron chi connectivity index (χ0n) is 12.6. The van der Waals surface area contributed by atoms with E-state index in [0.717, 1.165) is 35.5 Å². The molecule has 3 atom stereocenters. The first kappa shape index (κ1) is 14.7. The molecule has 23 heavy (non-hydrogen) atoms. The summed E-state index contributed by atoms with van der Waals surface area (Å²) in [6, 6.07) is 8.08. The predicted octanol–water partition coefficient (Wildman–Crippen LogP) is -0.760. The molecule has 1 aromatic rings. The highest BCUT2D eigenvalue weighted by Crippen LogP contribution is 2.49. The second kappa shape index (κ2) is 5.09. The highest BCUT2D eigenvalue weighted by atomic mass is 32.2. The number of aliphatic hydroxyl groups excluding tert-OH is 1. The van der Waals surface area contributed by atoms with E-state index in [9.17, 15) is 15.0 Å². The van der Waals surface area contributed by atoms with Crippen LogP contribution in [0.5, 0.6) is 0 Å². The van der Waals surface area contributed by atoms with Crippen LogP contribution >= 0.6 is 11.8 Å². The Morgan fingerprint density at radius 3 is 3.09 bits per heavy atom. The van der Waals surface area contributed by atoms with Crippen LogP contribution in [0.25, 0.3) is 5.70 Å². The zero-order valence-corrected chi connectivity index (χ0v) is 13.4. The summed E-state index contributed by atoms with van der Waals surface area (Å²) in [5.74, 6) is -1.25. The molecule has 3 heterocycles. The Kier molecular flexibility index (Phi) is 3.26. The third kappa shape index (κ3) is 2.04. The van der Waals surface area contributed by atoms with Gasteiger partial charge in [-0.1, -0.05) is 12.1 Å². The number of rotatable bonds is 1. The number of carbonyl (C=O) groups excluding carboxylic acids is 1. The number of para-hydroxylation sites is 1. The minimum absolute atomic E-state index is 0.222. The number of hydrogen-bond acceptors (Lipinski definition) is 6. The summed E-state index contributed by atoms with van der Waals surface area (Å²) in [4.78, 5) is 17.7. The number of nitrogens with zero attached hydrogens (tertiary/aromatic N) is 2. The minimum atomic E-state index is -1.37. The zero-order chi connectivity index (χ0) is 16.2. The first-order chi connectivity index (χ1) is 11.0. The van der Waals surface area contributed by atoms with Gasteiger partial charge in [-0.2, -0.15) is 0 Å². The molecule has 1 fully saturated rings. The number of nitrogens with two attached hydrogens (primary N) is 1. The molecular formula is C16H17N3O3S. The minimum Gasteiger partial charge on any atom is -0.548 e. The molecule has 0 radical (unpaired) electrons. The summed E-state index contributed by atoms with van der Waals surface area (Å²) in [7, 11) is 0. The topological polar surface area (TPSA) is 92.6 Å². The number of fused-ring (bicyclic) bond motifs is 4. The van der Waals surface area contributed by atoms with E-state index in [4.69, 9.17) is 0 Å². The lowest BCUT2D eigenvalue weighted by Crippen LogP contribution is -2.78. The van der Waals surface area contributed by atoms with E-state index in [2.05, 4.69) is 16.4 Å². The molecule has 3 aliphatic heterocycles. The van der Waals surface area contributed by atoms with Crippen molar-refractivity contribution in [3.63, 3.8) is 0 Å². The number of carboxylic acid groups (broad SMARTS) is 1. The molecule has 0 spiro atoms. The van der Waals surface area contributed by atoms with Crippen molar-refractivity contribution in [1.82, 2.24) is 4.90 Å². The number of carboxylic acids is 1. The lowest BCUT2D eigenvalue weighted by molar-refractivity contribution is -0.570. The van der Waals surface area contributed by atoms with Crippen molar-refractivity contribution in [2.24, 2.45) is 4.99 Å². The van der Waals surface area contributed by atoms with Gasteiger partial charge in [0.15, 0.2) is 0 Å². The van der Waals surface area contributed by atoms with Crippen LogP contribution in [-0.4, -0.2) is 45.2 Å². The second-order valence-electron chi connectivity index (χ2n) is 6.13. The molecule has 3 N–H and O–H groups in total. The Labute approximate surface area is 137 Å². The lowest BCUT2D eigenvalue weighted by atomic mass is 10.0. The Morgan fingerprint density at radius 1 is 1.52 bits per heavy atom. The van der Waals surface area contributed by atoms with Crippen molar-refractivity contribution in [2.75, 3.05) is 6.54 Å². The summed E-state index contributed by atoms with van der Waals surface area (Å²) in [5.41, 5.74) is 4.18. The Balaban J connectivity index is 1.81. The van der Waals surface area contributed by atoms with Gasteiger partial charge >= 0.3 is 0 Å². The van der Waals surface area contributed by atoms with E-state index in [1.807, 2.05) is 18.2 Å². The Morgan fingerprint density at radius 2 is 2.30 bits per heavy atom. The largest absolute Gasteiger partial charge is 0.548 e. The molecule has 1 saturated heterocycles. The van der Waals surface area contributed by atoms with Crippen molar-refractivity contribution < 1.29 is 20.3 Å². The second-order valence-corrected chi connectivity index (χ2v) is 7.66. The number of carbonyl (C=O) groups is 1. The number of thioether (sulfide) groups is 1. The SMILES string of the molecule is CC1(C(=O)[O-])SC2C3=C(N=CN2C1O)c1ccccc1[NH2+]CC3. The van der Waals surface area contributed by atoms with Crippen molar-refractivity contribution in [2.45, 2.75) is 29.7 Å². The predicted molar refractivity (Wildman–Crippen MR) is 85.6 cm³/mol. The molecule has 120 valence electrons. The molecule has 0 amide bonds. The van der Waals surface area contributed by atoms with Crippen LogP contribution < -0.4 is 10.4 Å². The third-order valence-electron chi connectivity index (χ3n) is 4.72. The Bertz CT molecular complexity index is 748. The number of aliphatic hydroxyl groups is 1. The van der Waals surface area contributed by atoms with E-state index in [-0.39, 0.29) is 5.37 Å². The highest BCUT2D eigenvalue weighted by Gasteiger charge is 2.52. The number of quaternary nitrogens is 1. The normalized spacial score (nSPS) is 32.2. The van der Waals surface area contributed by atoms with Gasteiger partial charge in [-0.05, 0) is 24.6 Å².